The SMILES string of the molecule is O=C(CCc1ccc2c(c1)OCO2)NNC(=O)c1ccccc1O. The minimum Gasteiger partial charge on any atom is -0.507 e. The van der Waals surface area contributed by atoms with Gasteiger partial charge in [-0.2, -0.15) is 0 Å². The van der Waals surface area contributed by atoms with Crippen LogP contribution >= 0.6 is 0 Å². The summed E-state index contributed by atoms with van der Waals surface area (Å²) in [6, 6.07) is 11.6. The fourth-order valence-electron chi connectivity index (χ4n) is 2.28. The first kappa shape index (κ1) is 15.7. The number of nitrogens with one attached hydrogen (secondary N) is 2. The Morgan fingerprint density at radius 1 is 1.04 bits per heavy atom. The minimum absolute atomic E-state index is 0.0913. The summed E-state index contributed by atoms with van der Waals surface area (Å²) >= 11 is 0. The Kier molecular flexibility index (Phi) is 4.51. The van der Waals surface area contributed by atoms with Gasteiger partial charge in [0.1, 0.15) is 5.75 Å². The second-order valence-electron chi connectivity index (χ2n) is 5.21. The summed E-state index contributed by atoms with van der Waals surface area (Å²) in [6.07, 6.45) is 0.690. The van der Waals surface area contributed by atoms with Crippen LogP contribution in [0.1, 0.15) is 22.3 Å². The van der Waals surface area contributed by atoms with E-state index in [4.69, 9.17) is 9.47 Å². The number of para-hydroxylation sites is 1. The number of aryl methyl sites for hydroxylation is 1. The molecular weight excluding hydrogens is 312 g/mol. The molecule has 7 nitrogen and oxygen atoms in total. The van der Waals surface area contributed by atoms with Crippen molar-refractivity contribution in [1.29, 1.82) is 0 Å². The Hall–Kier alpha value is -3.22. The lowest BCUT2D eigenvalue weighted by atomic mass is 10.1. The predicted octanol–water partition coefficient (Wildman–Crippen LogP) is 1.51. The highest BCUT2D eigenvalue weighted by Crippen LogP contribution is 2.32. The molecule has 3 rings (SSSR count). The van der Waals surface area contributed by atoms with E-state index in [1.807, 2.05) is 12.1 Å². The molecule has 124 valence electrons. The largest absolute Gasteiger partial charge is 0.507 e. The van der Waals surface area contributed by atoms with Crippen molar-refractivity contribution in [3.05, 3.63) is 53.6 Å². The van der Waals surface area contributed by atoms with Gasteiger partial charge in [-0.15, -0.1) is 0 Å². The lowest BCUT2D eigenvalue weighted by Gasteiger charge is -2.08. The standard InChI is InChI=1S/C17H16N2O5/c20-13-4-2-1-3-12(13)17(22)19-18-16(21)8-6-11-5-7-14-15(9-11)24-10-23-14/h1-5,7,9,20H,6,8,10H2,(H,18,21)(H,19,22). The summed E-state index contributed by atoms with van der Waals surface area (Å²) < 4.78 is 10.5. The summed E-state index contributed by atoms with van der Waals surface area (Å²) in [6.45, 7) is 0.206. The van der Waals surface area contributed by atoms with Crippen LogP contribution in [0.3, 0.4) is 0 Å². The van der Waals surface area contributed by atoms with Crippen LogP contribution in [0.4, 0.5) is 0 Å². The van der Waals surface area contributed by atoms with E-state index in [1.165, 1.54) is 12.1 Å². The summed E-state index contributed by atoms with van der Waals surface area (Å²) in [4.78, 5) is 23.7. The number of rotatable bonds is 4. The molecule has 0 saturated carbocycles. The topological polar surface area (TPSA) is 96.9 Å². The van der Waals surface area contributed by atoms with Gasteiger partial charge in [0.25, 0.3) is 5.91 Å². The summed E-state index contributed by atoms with van der Waals surface area (Å²) in [5, 5.41) is 9.58. The van der Waals surface area contributed by atoms with Gasteiger partial charge in [0, 0.05) is 6.42 Å². The van der Waals surface area contributed by atoms with E-state index in [1.54, 1.807) is 18.2 Å². The van der Waals surface area contributed by atoms with Crippen LogP contribution in [0.25, 0.3) is 0 Å². The number of carbonyl (C=O) groups is 2. The summed E-state index contributed by atoms with van der Waals surface area (Å²) in [5.74, 6) is 0.296. The van der Waals surface area contributed by atoms with Crippen molar-refractivity contribution in [3.8, 4) is 17.2 Å². The van der Waals surface area contributed by atoms with E-state index in [9.17, 15) is 14.7 Å². The third kappa shape index (κ3) is 3.57. The normalized spacial score (nSPS) is 11.8. The summed E-state index contributed by atoms with van der Waals surface area (Å²) in [7, 11) is 0. The number of benzene rings is 2. The molecule has 0 aromatic heterocycles. The first-order chi connectivity index (χ1) is 11.6. The third-order valence-corrected chi connectivity index (χ3v) is 3.54. The number of hydrazine groups is 1. The predicted molar refractivity (Wildman–Crippen MR) is 84.6 cm³/mol. The number of aromatic hydroxyl groups is 1. The highest BCUT2D eigenvalue weighted by atomic mass is 16.7. The van der Waals surface area contributed by atoms with Gasteiger partial charge in [-0.1, -0.05) is 18.2 Å². The van der Waals surface area contributed by atoms with E-state index in [-0.39, 0.29) is 30.4 Å². The lowest BCUT2D eigenvalue weighted by Crippen LogP contribution is -2.41. The van der Waals surface area contributed by atoms with E-state index in [0.29, 0.717) is 17.9 Å². The van der Waals surface area contributed by atoms with Gasteiger partial charge in [0.2, 0.25) is 12.7 Å². The highest BCUT2D eigenvalue weighted by molar-refractivity contribution is 5.97. The molecule has 0 radical (unpaired) electrons. The molecule has 7 heteroatoms. The van der Waals surface area contributed by atoms with Crippen molar-refractivity contribution in [2.24, 2.45) is 0 Å². The molecular formula is C17H16N2O5. The number of amides is 2. The number of hydrogen-bond acceptors (Lipinski definition) is 5. The zero-order valence-corrected chi connectivity index (χ0v) is 12.7. The van der Waals surface area contributed by atoms with Crippen molar-refractivity contribution >= 4 is 11.8 Å². The molecule has 1 aliphatic rings. The first-order valence-corrected chi connectivity index (χ1v) is 7.39. The van der Waals surface area contributed by atoms with Crippen LogP contribution < -0.4 is 20.3 Å². The van der Waals surface area contributed by atoms with Gasteiger partial charge in [0.05, 0.1) is 5.56 Å². The Labute approximate surface area is 138 Å². The molecule has 0 aliphatic carbocycles. The van der Waals surface area contributed by atoms with Crippen LogP contribution in [0, 0.1) is 0 Å². The number of fused-ring (bicyclic) bond motifs is 1. The minimum atomic E-state index is -0.579. The molecule has 24 heavy (non-hydrogen) atoms. The van der Waals surface area contributed by atoms with Crippen LogP contribution in [0.5, 0.6) is 17.2 Å². The zero-order valence-electron chi connectivity index (χ0n) is 12.7. The average Bonchev–Trinajstić information content (AvgIpc) is 3.06. The smallest absolute Gasteiger partial charge is 0.273 e. The maximum Gasteiger partial charge on any atom is 0.273 e. The highest BCUT2D eigenvalue weighted by Gasteiger charge is 2.14. The van der Waals surface area contributed by atoms with Gasteiger partial charge < -0.3 is 14.6 Å². The summed E-state index contributed by atoms with van der Waals surface area (Å²) in [5.41, 5.74) is 5.62. The average molecular weight is 328 g/mol. The van der Waals surface area contributed by atoms with Gasteiger partial charge in [-0.25, -0.2) is 0 Å². The number of carbonyl (C=O) groups excluding carboxylic acids is 2. The van der Waals surface area contributed by atoms with Crippen molar-refractivity contribution in [2.45, 2.75) is 12.8 Å². The second kappa shape index (κ2) is 6.91. The zero-order chi connectivity index (χ0) is 16.9. The molecule has 0 spiro atoms. The fourth-order valence-corrected chi connectivity index (χ4v) is 2.28. The Morgan fingerprint density at radius 3 is 2.67 bits per heavy atom. The maximum absolute atomic E-state index is 11.9. The molecule has 2 aromatic rings. The molecule has 3 N–H and O–H groups in total. The van der Waals surface area contributed by atoms with Crippen molar-refractivity contribution in [3.63, 3.8) is 0 Å². The molecule has 0 fully saturated rings. The number of phenols is 1. The van der Waals surface area contributed by atoms with E-state index in [2.05, 4.69) is 10.9 Å². The van der Waals surface area contributed by atoms with Crippen molar-refractivity contribution in [1.82, 2.24) is 10.9 Å². The van der Waals surface area contributed by atoms with Crippen LogP contribution in [0.2, 0.25) is 0 Å². The van der Waals surface area contributed by atoms with Gasteiger partial charge in [-0.3, -0.25) is 20.4 Å². The lowest BCUT2D eigenvalue weighted by molar-refractivity contribution is -0.121. The van der Waals surface area contributed by atoms with Gasteiger partial charge in [0.15, 0.2) is 11.5 Å². The van der Waals surface area contributed by atoms with Crippen LogP contribution in [-0.4, -0.2) is 23.7 Å². The molecule has 1 heterocycles. The van der Waals surface area contributed by atoms with E-state index < -0.39 is 5.91 Å². The van der Waals surface area contributed by atoms with E-state index >= 15 is 0 Å². The van der Waals surface area contributed by atoms with Crippen LogP contribution in [0.15, 0.2) is 42.5 Å². The van der Waals surface area contributed by atoms with Crippen molar-refractivity contribution in [2.75, 3.05) is 6.79 Å². The van der Waals surface area contributed by atoms with E-state index in [0.717, 1.165) is 5.56 Å². The van der Waals surface area contributed by atoms with Crippen LogP contribution in [-0.2, 0) is 11.2 Å². The Balaban J connectivity index is 1.48. The number of hydrogen-bond donors (Lipinski definition) is 3. The molecule has 1 aliphatic heterocycles. The monoisotopic (exact) mass is 328 g/mol. The maximum atomic E-state index is 11.9. The van der Waals surface area contributed by atoms with Gasteiger partial charge >= 0.3 is 0 Å². The Bertz CT molecular complexity index is 775. The quantitative estimate of drug-likeness (QED) is 0.739. The number of phenolic OH excluding ortho intramolecular Hbond substituents is 1. The molecule has 0 bridgehead atoms. The molecule has 0 atom stereocenters. The Morgan fingerprint density at radius 2 is 1.83 bits per heavy atom. The molecule has 2 amide bonds. The first-order valence-electron chi connectivity index (χ1n) is 7.39. The molecule has 2 aromatic carbocycles. The fraction of sp³-hybridized carbons (Fsp3) is 0.176. The molecule has 0 saturated heterocycles. The van der Waals surface area contributed by atoms with Crippen molar-refractivity contribution < 1.29 is 24.2 Å². The second-order valence-corrected chi connectivity index (χ2v) is 5.21. The molecule has 0 unspecified atom stereocenters. The number of ether oxygens (including phenoxy) is 2. The third-order valence-electron chi connectivity index (χ3n) is 3.54. The van der Waals surface area contributed by atoms with Gasteiger partial charge in [-0.05, 0) is 36.2 Å².